The van der Waals surface area contributed by atoms with Gasteiger partial charge in [-0.25, -0.2) is 0 Å². The number of hydrogen-bond donors (Lipinski definition) is 4. The van der Waals surface area contributed by atoms with Crippen LogP contribution >= 0.6 is 0 Å². The Bertz CT molecular complexity index is 1160. The molecule has 200 valence electrons. The Morgan fingerprint density at radius 1 is 0.946 bits per heavy atom. The zero-order valence-electron chi connectivity index (χ0n) is 21.6. The van der Waals surface area contributed by atoms with Crippen LogP contribution in [0, 0.1) is 0 Å². The average molecular weight is 513 g/mol. The second-order valence-corrected chi connectivity index (χ2v) is 9.56. The maximum atomic E-state index is 10.6. The zero-order chi connectivity index (χ0) is 26.7. The van der Waals surface area contributed by atoms with Gasteiger partial charge in [0.1, 0.15) is 30.2 Å². The van der Waals surface area contributed by atoms with E-state index in [1.165, 1.54) is 5.56 Å². The van der Waals surface area contributed by atoms with Gasteiger partial charge in [-0.3, -0.25) is 4.68 Å². The fourth-order valence-electron chi connectivity index (χ4n) is 4.50. The van der Waals surface area contributed by atoms with Crippen LogP contribution in [0.1, 0.15) is 43.5 Å². The summed E-state index contributed by atoms with van der Waals surface area (Å²) in [7, 11) is 1.62. The van der Waals surface area contributed by atoms with Crippen LogP contribution in [0.15, 0.2) is 48.5 Å². The summed E-state index contributed by atoms with van der Waals surface area (Å²) in [5.41, 5.74) is 4.82. The summed E-state index contributed by atoms with van der Waals surface area (Å²) in [6.45, 7) is 5.60. The molecule has 1 saturated heterocycles. The molecule has 9 heteroatoms. The van der Waals surface area contributed by atoms with E-state index in [0.29, 0.717) is 6.42 Å². The lowest BCUT2D eigenvalue weighted by Crippen LogP contribution is -2.60. The average Bonchev–Trinajstić information content (AvgIpc) is 3.27. The highest BCUT2D eigenvalue weighted by molar-refractivity contribution is 5.67. The van der Waals surface area contributed by atoms with Gasteiger partial charge in [0.2, 0.25) is 12.2 Å². The van der Waals surface area contributed by atoms with Crippen molar-refractivity contribution in [2.24, 2.45) is 0 Å². The van der Waals surface area contributed by atoms with Crippen molar-refractivity contribution in [1.29, 1.82) is 0 Å². The standard InChI is InChI=1S/C28H36N2O7/c1-5-17-6-10-19(11-7-17)23-21(14-18-8-12-20(35-4)13-9-18)27(29-30(23)16(2)3)37-28-26(34)25(33)24(32)22(15-31)36-28/h6-13,16,22,24-26,28,31-34H,5,14-15H2,1-4H3/t22-,24-,25+,26-,28+/m1/s1. The molecular formula is C28H36N2O7. The molecule has 9 nitrogen and oxygen atoms in total. The molecule has 0 unspecified atom stereocenters. The summed E-state index contributed by atoms with van der Waals surface area (Å²) in [4.78, 5) is 0. The summed E-state index contributed by atoms with van der Waals surface area (Å²) in [5.74, 6) is 0.984. The van der Waals surface area contributed by atoms with Crippen LogP contribution in [0.25, 0.3) is 11.3 Å². The summed E-state index contributed by atoms with van der Waals surface area (Å²) in [5, 5.41) is 45.4. The van der Waals surface area contributed by atoms with Gasteiger partial charge >= 0.3 is 0 Å². The summed E-state index contributed by atoms with van der Waals surface area (Å²) < 4.78 is 18.9. The van der Waals surface area contributed by atoms with E-state index < -0.39 is 37.3 Å². The smallest absolute Gasteiger partial charge is 0.239 e. The lowest BCUT2D eigenvalue weighted by Gasteiger charge is -2.39. The number of hydrogen-bond acceptors (Lipinski definition) is 8. The van der Waals surface area contributed by atoms with Crippen molar-refractivity contribution >= 4 is 0 Å². The first-order chi connectivity index (χ1) is 17.8. The molecule has 4 N–H and O–H groups in total. The van der Waals surface area contributed by atoms with Crippen molar-refractivity contribution in [3.63, 3.8) is 0 Å². The number of rotatable bonds is 9. The molecule has 37 heavy (non-hydrogen) atoms. The van der Waals surface area contributed by atoms with Crippen LogP contribution in [-0.2, 0) is 17.6 Å². The second kappa shape index (κ2) is 11.6. The van der Waals surface area contributed by atoms with Gasteiger partial charge in [-0.1, -0.05) is 43.3 Å². The molecule has 1 aliphatic heterocycles. The monoisotopic (exact) mass is 512 g/mol. The number of aromatic nitrogens is 2. The van der Waals surface area contributed by atoms with E-state index in [1.807, 2.05) is 42.8 Å². The van der Waals surface area contributed by atoms with E-state index >= 15 is 0 Å². The zero-order valence-corrected chi connectivity index (χ0v) is 21.6. The molecule has 1 fully saturated rings. The Kier molecular flexibility index (Phi) is 8.51. The predicted octanol–water partition coefficient (Wildman–Crippen LogP) is 2.47. The fraction of sp³-hybridized carbons (Fsp3) is 0.464. The fourth-order valence-corrected chi connectivity index (χ4v) is 4.50. The number of nitrogens with zero attached hydrogens (tertiary/aromatic N) is 2. The SMILES string of the molecule is CCc1ccc(-c2c(Cc3ccc(OC)cc3)c(O[C@@H]3O[C@H](CO)[C@@H](O)[C@H](O)[C@H]3O)nn2C(C)C)cc1. The quantitative estimate of drug-likeness (QED) is 0.345. The summed E-state index contributed by atoms with van der Waals surface area (Å²) in [6, 6.07) is 16.0. The third-order valence-electron chi connectivity index (χ3n) is 6.71. The van der Waals surface area contributed by atoms with E-state index in [0.717, 1.165) is 34.6 Å². The number of aliphatic hydroxyl groups excluding tert-OH is 4. The van der Waals surface area contributed by atoms with Crippen molar-refractivity contribution in [2.45, 2.75) is 70.4 Å². The molecule has 1 aliphatic rings. The third kappa shape index (κ3) is 5.66. The van der Waals surface area contributed by atoms with Gasteiger partial charge in [0.25, 0.3) is 0 Å². The van der Waals surface area contributed by atoms with Gasteiger partial charge in [-0.15, -0.1) is 5.10 Å². The molecule has 3 aromatic rings. The number of ether oxygens (including phenoxy) is 3. The van der Waals surface area contributed by atoms with E-state index in [2.05, 4.69) is 31.2 Å². The van der Waals surface area contributed by atoms with Crippen molar-refractivity contribution in [2.75, 3.05) is 13.7 Å². The maximum Gasteiger partial charge on any atom is 0.239 e. The lowest BCUT2D eigenvalue weighted by atomic mass is 9.98. The summed E-state index contributed by atoms with van der Waals surface area (Å²) >= 11 is 0. The second-order valence-electron chi connectivity index (χ2n) is 9.56. The van der Waals surface area contributed by atoms with Crippen molar-refractivity contribution in [3.05, 3.63) is 65.2 Å². The molecule has 4 rings (SSSR count). The molecule has 0 bridgehead atoms. The molecule has 0 spiro atoms. The van der Waals surface area contributed by atoms with E-state index in [4.69, 9.17) is 19.3 Å². The van der Waals surface area contributed by atoms with Gasteiger partial charge in [-0.05, 0) is 43.5 Å². The molecule has 0 saturated carbocycles. The number of aliphatic hydroxyl groups is 4. The number of aryl methyl sites for hydroxylation is 1. The molecule has 2 heterocycles. The minimum absolute atomic E-state index is 0.0115. The Labute approximate surface area is 216 Å². The number of methoxy groups -OCH3 is 1. The molecule has 0 amide bonds. The first-order valence-electron chi connectivity index (χ1n) is 12.6. The molecule has 2 aromatic carbocycles. The normalized spacial score (nSPS) is 23.9. The minimum Gasteiger partial charge on any atom is -0.497 e. The molecule has 0 radical (unpaired) electrons. The van der Waals surface area contributed by atoms with Crippen molar-refractivity contribution in [3.8, 4) is 22.9 Å². The number of benzene rings is 2. The minimum atomic E-state index is -1.55. The van der Waals surface area contributed by atoms with E-state index in [1.54, 1.807) is 7.11 Å². The summed E-state index contributed by atoms with van der Waals surface area (Å²) in [6.07, 6.45) is -5.59. The van der Waals surface area contributed by atoms with Crippen LogP contribution in [0.2, 0.25) is 0 Å². The molecular weight excluding hydrogens is 476 g/mol. The van der Waals surface area contributed by atoms with E-state index in [9.17, 15) is 20.4 Å². The van der Waals surface area contributed by atoms with Gasteiger partial charge in [0, 0.05) is 23.6 Å². The van der Waals surface area contributed by atoms with Gasteiger partial charge < -0.3 is 34.6 Å². The van der Waals surface area contributed by atoms with Crippen LogP contribution in [0.5, 0.6) is 11.6 Å². The molecule has 0 aliphatic carbocycles. The Morgan fingerprint density at radius 3 is 2.16 bits per heavy atom. The van der Waals surface area contributed by atoms with Crippen LogP contribution in [-0.4, -0.2) is 74.6 Å². The first-order valence-corrected chi connectivity index (χ1v) is 12.6. The topological polar surface area (TPSA) is 126 Å². The predicted molar refractivity (Wildman–Crippen MR) is 138 cm³/mol. The first kappa shape index (κ1) is 27.1. The lowest BCUT2D eigenvalue weighted by molar-refractivity contribution is -0.278. The van der Waals surface area contributed by atoms with E-state index in [-0.39, 0.29) is 11.9 Å². The van der Waals surface area contributed by atoms with Crippen molar-refractivity contribution < 1.29 is 34.6 Å². The highest BCUT2D eigenvalue weighted by Crippen LogP contribution is 2.37. The van der Waals surface area contributed by atoms with Crippen LogP contribution in [0.3, 0.4) is 0 Å². The third-order valence-corrected chi connectivity index (χ3v) is 6.71. The van der Waals surface area contributed by atoms with Gasteiger partial charge in [0.15, 0.2) is 0 Å². The van der Waals surface area contributed by atoms with Crippen molar-refractivity contribution in [1.82, 2.24) is 9.78 Å². The van der Waals surface area contributed by atoms with Crippen LogP contribution < -0.4 is 9.47 Å². The maximum absolute atomic E-state index is 10.6. The highest BCUT2D eigenvalue weighted by atomic mass is 16.7. The van der Waals surface area contributed by atoms with Crippen LogP contribution in [0.4, 0.5) is 0 Å². The Hall–Kier alpha value is -2.95. The Morgan fingerprint density at radius 2 is 1.59 bits per heavy atom. The Balaban J connectivity index is 1.80. The molecule has 1 aromatic heterocycles. The molecule has 5 atom stereocenters. The highest BCUT2D eigenvalue weighted by Gasteiger charge is 2.45. The van der Waals surface area contributed by atoms with Gasteiger partial charge in [0.05, 0.1) is 19.4 Å². The van der Waals surface area contributed by atoms with Gasteiger partial charge in [-0.2, -0.15) is 0 Å². The largest absolute Gasteiger partial charge is 0.497 e.